The molecule has 3 rings (SSSR count). The summed E-state index contributed by atoms with van der Waals surface area (Å²) in [5.74, 6) is 0.702. The molecule has 0 spiro atoms. The van der Waals surface area contributed by atoms with Crippen LogP contribution in [0.5, 0.6) is 5.75 Å². The maximum Gasteiger partial charge on any atom is 0.228 e. The van der Waals surface area contributed by atoms with Crippen LogP contribution >= 0.6 is 27.5 Å². The molecule has 1 fully saturated rings. The van der Waals surface area contributed by atoms with E-state index < -0.39 is 0 Å². The lowest BCUT2D eigenvalue weighted by Gasteiger charge is -2.14. The first-order chi connectivity index (χ1) is 12.1. The summed E-state index contributed by atoms with van der Waals surface area (Å²) in [6.07, 6.45) is 0.850. The lowest BCUT2D eigenvalue weighted by atomic mass is 10.1. The van der Waals surface area contributed by atoms with Crippen LogP contribution in [0, 0.1) is 5.92 Å². The summed E-state index contributed by atoms with van der Waals surface area (Å²) >= 11 is 9.68. The molecule has 2 atom stereocenters. The van der Waals surface area contributed by atoms with Gasteiger partial charge in [0.05, 0.1) is 17.3 Å². The molecule has 0 radical (unpaired) electrons. The SMILES string of the molecule is COCCOc1c(Cl)cccc1NC(=O)C1CC1c1cccc(Br)c1. The Morgan fingerprint density at radius 1 is 1.28 bits per heavy atom. The minimum absolute atomic E-state index is 0.0103. The Bertz CT molecular complexity index is 768. The fourth-order valence-electron chi connectivity index (χ4n) is 2.80. The maximum atomic E-state index is 12.6. The van der Waals surface area contributed by atoms with Gasteiger partial charge >= 0.3 is 0 Å². The molecule has 1 aliphatic rings. The van der Waals surface area contributed by atoms with Crippen LogP contribution in [-0.4, -0.2) is 26.2 Å². The summed E-state index contributed by atoms with van der Waals surface area (Å²) in [5.41, 5.74) is 1.77. The number of carbonyl (C=O) groups is 1. The molecule has 6 heteroatoms. The minimum Gasteiger partial charge on any atom is -0.487 e. The lowest BCUT2D eigenvalue weighted by molar-refractivity contribution is -0.117. The van der Waals surface area contributed by atoms with E-state index in [1.165, 1.54) is 5.56 Å². The number of para-hydroxylation sites is 1. The third kappa shape index (κ3) is 4.54. The number of hydrogen-bond donors (Lipinski definition) is 1. The van der Waals surface area contributed by atoms with Crippen molar-refractivity contribution in [1.82, 2.24) is 0 Å². The molecule has 1 amide bonds. The zero-order valence-electron chi connectivity index (χ0n) is 13.8. The third-order valence-corrected chi connectivity index (χ3v) is 4.95. The predicted molar refractivity (Wildman–Crippen MR) is 102 cm³/mol. The molecule has 2 aromatic rings. The summed E-state index contributed by atoms with van der Waals surface area (Å²) < 4.78 is 11.7. The topological polar surface area (TPSA) is 47.6 Å². The Labute approximate surface area is 160 Å². The van der Waals surface area contributed by atoms with Crippen LogP contribution in [0.25, 0.3) is 0 Å². The van der Waals surface area contributed by atoms with E-state index in [4.69, 9.17) is 21.1 Å². The van der Waals surface area contributed by atoms with Gasteiger partial charge in [0.25, 0.3) is 0 Å². The first-order valence-electron chi connectivity index (χ1n) is 8.06. The van der Waals surface area contributed by atoms with Crippen molar-refractivity contribution in [2.24, 2.45) is 5.92 Å². The van der Waals surface area contributed by atoms with Crippen molar-refractivity contribution in [2.45, 2.75) is 12.3 Å². The highest BCUT2D eigenvalue weighted by Crippen LogP contribution is 2.48. The van der Waals surface area contributed by atoms with Crippen LogP contribution in [0.1, 0.15) is 17.9 Å². The second kappa shape index (κ2) is 8.21. The summed E-state index contributed by atoms with van der Waals surface area (Å²) in [6.45, 7) is 0.819. The quantitative estimate of drug-likeness (QED) is 0.645. The van der Waals surface area contributed by atoms with Gasteiger partial charge in [0.2, 0.25) is 5.91 Å². The molecule has 1 saturated carbocycles. The Kier molecular flexibility index (Phi) is 5.99. The van der Waals surface area contributed by atoms with Crippen molar-refractivity contribution in [3.63, 3.8) is 0 Å². The number of carbonyl (C=O) groups excluding carboxylic acids is 1. The number of ether oxygens (including phenoxy) is 2. The van der Waals surface area contributed by atoms with Crippen molar-refractivity contribution >= 4 is 39.1 Å². The Morgan fingerprint density at radius 3 is 2.84 bits per heavy atom. The third-order valence-electron chi connectivity index (χ3n) is 4.16. The number of amides is 1. The predicted octanol–water partition coefficient (Wildman–Crippen LogP) is 4.87. The van der Waals surface area contributed by atoms with Crippen molar-refractivity contribution in [3.05, 3.63) is 57.5 Å². The van der Waals surface area contributed by atoms with Gasteiger partial charge < -0.3 is 14.8 Å². The fourth-order valence-corrected chi connectivity index (χ4v) is 3.44. The maximum absolute atomic E-state index is 12.6. The second-order valence-electron chi connectivity index (χ2n) is 5.95. The zero-order valence-corrected chi connectivity index (χ0v) is 16.1. The Balaban J connectivity index is 1.67. The Morgan fingerprint density at radius 2 is 2.08 bits per heavy atom. The van der Waals surface area contributed by atoms with Crippen molar-refractivity contribution in [3.8, 4) is 5.75 Å². The van der Waals surface area contributed by atoms with Crippen LogP contribution in [0.2, 0.25) is 5.02 Å². The highest BCUT2D eigenvalue weighted by molar-refractivity contribution is 9.10. The van der Waals surface area contributed by atoms with E-state index >= 15 is 0 Å². The van der Waals surface area contributed by atoms with Crippen LogP contribution < -0.4 is 10.1 Å². The summed E-state index contributed by atoms with van der Waals surface area (Å²) in [4.78, 5) is 12.6. The van der Waals surface area contributed by atoms with Crippen molar-refractivity contribution in [1.29, 1.82) is 0 Å². The van der Waals surface area contributed by atoms with Crippen LogP contribution in [0.3, 0.4) is 0 Å². The Hall–Kier alpha value is -1.56. The second-order valence-corrected chi connectivity index (χ2v) is 7.27. The molecular weight excluding hydrogens is 406 g/mol. The number of rotatable bonds is 7. The monoisotopic (exact) mass is 423 g/mol. The van der Waals surface area contributed by atoms with Crippen molar-refractivity contribution in [2.75, 3.05) is 25.6 Å². The van der Waals surface area contributed by atoms with Crippen LogP contribution in [-0.2, 0) is 9.53 Å². The highest BCUT2D eigenvalue weighted by Gasteiger charge is 2.44. The number of anilines is 1. The number of hydrogen-bond acceptors (Lipinski definition) is 3. The van der Waals surface area contributed by atoms with E-state index in [1.807, 2.05) is 12.1 Å². The molecule has 0 aromatic heterocycles. The van der Waals surface area contributed by atoms with Gasteiger partial charge in [-0.3, -0.25) is 4.79 Å². The average molecular weight is 425 g/mol. The van der Waals surface area contributed by atoms with Gasteiger partial charge in [0.1, 0.15) is 6.61 Å². The number of methoxy groups -OCH3 is 1. The van der Waals surface area contributed by atoms with E-state index in [-0.39, 0.29) is 17.7 Å². The number of halogens is 2. The summed E-state index contributed by atoms with van der Waals surface area (Å²) in [6, 6.07) is 13.4. The summed E-state index contributed by atoms with van der Waals surface area (Å²) in [7, 11) is 1.60. The van der Waals surface area contributed by atoms with Crippen molar-refractivity contribution < 1.29 is 14.3 Å². The number of benzene rings is 2. The first kappa shape index (κ1) is 18.2. The van der Waals surface area contributed by atoms with Gasteiger partial charge in [0, 0.05) is 17.5 Å². The van der Waals surface area contributed by atoms with Gasteiger partial charge in [0.15, 0.2) is 5.75 Å². The normalized spacial score (nSPS) is 18.7. The van der Waals surface area contributed by atoms with E-state index in [0.717, 1.165) is 10.9 Å². The average Bonchev–Trinajstić information content (AvgIpc) is 3.38. The molecule has 0 saturated heterocycles. The minimum atomic E-state index is -0.0277. The molecule has 0 aliphatic heterocycles. The van der Waals surface area contributed by atoms with E-state index in [0.29, 0.717) is 29.7 Å². The molecule has 4 nitrogen and oxygen atoms in total. The lowest BCUT2D eigenvalue weighted by Crippen LogP contribution is -2.16. The molecule has 132 valence electrons. The molecule has 2 unspecified atom stereocenters. The van der Waals surface area contributed by atoms with Crippen LogP contribution in [0.4, 0.5) is 5.69 Å². The number of nitrogens with one attached hydrogen (secondary N) is 1. The molecule has 0 bridgehead atoms. The molecule has 1 aliphatic carbocycles. The van der Waals surface area contributed by atoms with Gasteiger partial charge in [-0.25, -0.2) is 0 Å². The molecular formula is C19H19BrClNO3. The zero-order chi connectivity index (χ0) is 17.8. The molecule has 25 heavy (non-hydrogen) atoms. The largest absolute Gasteiger partial charge is 0.487 e. The van der Waals surface area contributed by atoms with Gasteiger partial charge in [-0.15, -0.1) is 0 Å². The molecule has 0 heterocycles. The van der Waals surface area contributed by atoms with E-state index in [9.17, 15) is 4.79 Å². The standard InChI is InChI=1S/C19H19BrClNO3/c1-24-8-9-25-18-16(21)6-3-7-17(18)22-19(23)15-11-14(15)12-4-2-5-13(20)10-12/h2-7,10,14-15H,8-9,11H2,1H3,(H,22,23). The van der Waals surface area contributed by atoms with Gasteiger partial charge in [-0.1, -0.05) is 45.7 Å². The van der Waals surface area contributed by atoms with Gasteiger partial charge in [-0.05, 0) is 42.2 Å². The van der Waals surface area contributed by atoms with Gasteiger partial charge in [-0.2, -0.15) is 0 Å². The first-order valence-corrected chi connectivity index (χ1v) is 9.24. The smallest absolute Gasteiger partial charge is 0.228 e. The highest BCUT2D eigenvalue weighted by atomic mass is 79.9. The van der Waals surface area contributed by atoms with E-state index in [2.05, 4.69) is 33.4 Å². The summed E-state index contributed by atoms with van der Waals surface area (Å²) in [5, 5.41) is 3.42. The molecule has 1 N–H and O–H groups in total. The van der Waals surface area contributed by atoms with E-state index in [1.54, 1.807) is 25.3 Å². The molecule has 2 aromatic carbocycles. The fraction of sp³-hybridized carbons (Fsp3) is 0.316. The van der Waals surface area contributed by atoms with Crippen LogP contribution in [0.15, 0.2) is 46.9 Å².